The van der Waals surface area contributed by atoms with Crippen LogP contribution in [0.2, 0.25) is 5.02 Å². The van der Waals surface area contributed by atoms with Crippen LogP contribution >= 0.6 is 22.9 Å². The van der Waals surface area contributed by atoms with Crippen LogP contribution in [0.5, 0.6) is 5.75 Å². The van der Waals surface area contributed by atoms with Gasteiger partial charge in [0.15, 0.2) is 6.10 Å². The van der Waals surface area contributed by atoms with E-state index in [0.717, 1.165) is 41.7 Å². The Kier molecular flexibility index (Phi) is 5.53. The Labute approximate surface area is 161 Å². The highest BCUT2D eigenvalue weighted by molar-refractivity contribution is 7.17. The van der Waals surface area contributed by atoms with Crippen molar-refractivity contribution in [3.8, 4) is 5.75 Å². The summed E-state index contributed by atoms with van der Waals surface area (Å²) in [4.78, 5) is 25.6. The number of benzene rings is 1. The van der Waals surface area contributed by atoms with Crippen molar-refractivity contribution in [1.82, 2.24) is 0 Å². The van der Waals surface area contributed by atoms with E-state index in [2.05, 4.69) is 5.32 Å². The smallest absolute Gasteiger partial charge is 0.265 e. The molecule has 3 N–H and O–H groups in total. The van der Waals surface area contributed by atoms with E-state index in [4.69, 9.17) is 22.1 Å². The molecule has 0 radical (unpaired) electrons. The molecule has 1 aromatic carbocycles. The molecule has 1 aliphatic rings. The maximum absolute atomic E-state index is 12.5. The monoisotopic (exact) mass is 392 g/mol. The summed E-state index contributed by atoms with van der Waals surface area (Å²) in [6.07, 6.45) is 3.15. The Balaban J connectivity index is 1.76. The van der Waals surface area contributed by atoms with Crippen LogP contribution in [-0.4, -0.2) is 17.9 Å². The van der Waals surface area contributed by atoms with Gasteiger partial charge in [-0.2, -0.15) is 0 Å². The van der Waals surface area contributed by atoms with Crippen LogP contribution in [0, 0.1) is 6.92 Å². The van der Waals surface area contributed by atoms with Gasteiger partial charge in [0.25, 0.3) is 11.8 Å². The maximum atomic E-state index is 12.5. The highest BCUT2D eigenvalue weighted by Crippen LogP contribution is 2.38. The average Bonchev–Trinajstić information content (AvgIpc) is 2.96. The quantitative estimate of drug-likeness (QED) is 0.803. The van der Waals surface area contributed by atoms with E-state index in [1.165, 1.54) is 11.3 Å². The zero-order valence-electron chi connectivity index (χ0n) is 14.7. The van der Waals surface area contributed by atoms with Crippen LogP contribution in [0.1, 0.15) is 46.1 Å². The van der Waals surface area contributed by atoms with Gasteiger partial charge >= 0.3 is 0 Å². The fourth-order valence-corrected chi connectivity index (χ4v) is 4.49. The number of ether oxygens (including phenoxy) is 1. The number of primary amides is 1. The average molecular weight is 393 g/mol. The van der Waals surface area contributed by atoms with Gasteiger partial charge in [-0.3, -0.25) is 9.59 Å². The molecule has 2 aromatic rings. The summed E-state index contributed by atoms with van der Waals surface area (Å²) >= 11 is 7.45. The number of hydrogen-bond acceptors (Lipinski definition) is 4. The van der Waals surface area contributed by atoms with E-state index >= 15 is 0 Å². The van der Waals surface area contributed by atoms with Crippen molar-refractivity contribution >= 4 is 39.8 Å². The first kappa shape index (κ1) is 18.7. The van der Waals surface area contributed by atoms with Gasteiger partial charge in [-0.1, -0.05) is 11.6 Å². The zero-order valence-corrected chi connectivity index (χ0v) is 16.3. The topological polar surface area (TPSA) is 81.4 Å². The number of thiophene rings is 1. The van der Waals surface area contributed by atoms with Crippen LogP contribution < -0.4 is 15.8 Å². The number of anilines is 1. The lowest BCUT2D eigenvalue weighted by molar-refractivity contribution is -0.122. The number of fused-ring (bicyclic) bond motifs is 1. The highest BCUT2D eigenvalue weighted by Gasteiger charge is 2.26. The molecule has 1 atom stereocenters. The highest BCUT2D eigenvalue weighted by atomic mass is 35.5. The van der Waals surface area contributed by atoms with Crippen molar-refractivity contribution in [3.63, 3.8) is 0 Å². The SMILES string of the molecule is Cc1cc(O[C@H](C)C(=O)Nc2sc3c(c2C(N)=O)CCCC3)ccc1Cl. The van der Waals surface area contributed by atoms with E-state index < -0.39 is 12.0 Å². The summed E-state index contributed by atoms with van der Waals surface area (Å²) in [6.45, 7) is 3.53. The van der Waals surface area contributed by atoms with Gasteiger partial charge in [-0.05, 0) is 68.9 Å². The number of nitrogens with one attached hydrogen (secondary N) is 1. The molecule has 2 amide bonds. The first-order valence-corrected chi connectivity index (χ1v) is 9.74. The maximum Gasteiger partial charge on any atom is 0.265 e. The number of aryl methyl sites for hydroxylation is 2. The zero-order chi connectivity index (χ0) is 18.8. The molecule has 138 valence electrons. The Bertz CT molecular complexity index is 863. The van der Waals surface area contributed by atoms with E-state index in [-0.39, 0.29) is 5.91 Å². The minimum absolute atomic E-state index is 0.321. The third-order valence-corrected chi connectivity index (χ3v) is 6.10. The van der Waals surface area contributed by atoms with Crippen LogP contribution in [-0.2, 0) is 17.6 Å². The molecule has 0 saturated heterocycles. The summed E-state index contributed by atoms with van der Waals surface area (Å²) in [6, 6.07) is 5.23. The Morgan fingerprint density at radius 3 is 2.73 bits per heavy atom. The van der Waals surface area contributed by atoms with Gasteiger partial charge in [0.1, 0.15) is 10.8 Å². The second kappa shape index (κ2) is 7.68. The van der Waals surface area contributed by atoms with Crippen molar-refractivity contribution in [2.75, 3.05) is 5.32 Å². The van der Waals surface area contributed by atoms with Crippen molar-refractivity contribution in [1.29, 1.82) is 0 Å². The van der Waals surface area contributed by atoms with E-state index in [1.807, 2.05) is 6.92 Å². The number of hydrogen-bond donors (Lipinski definition) is 2. The summed E-state index contributed by atoms with van der Waals surface area (Å²) < 4.78 is 5.70. The molecular weight excluding hydrogens is 372 g/mol. The predicted molar refractivity (Wildman–Crippen MR) is 104 cm³/mol. The molecule has 26 heavy (non-hydrogen) atoms. The second-order valence-electron chi connectivity index (χ2n) is 6.44. The molecule has 7 heteroatoms. The third-order valence-electron chi connectivity index (χ3n) is 4.47. The molecule has 0 unspecified atom stereocenters. The molecule has 5 nitrogen and oxygen atoms in total. The van der Waals surface area contributed by atoms with Gasteiger partial charge in [0, 0.05) is 9.90 Å². The number of carbonyl (C=O) groups is 2. The number of halogens is 1. The minimum Gasteiger partial charge on any atom is -0.481 e. The number of carbonyl (C=O) groups excluding carboxylic acids is 2. The second-order valence-corrected chi connectivity index (χ2v) is 7.95. The summed E-state index contributed by atoms with van der Waals surface area (Å²) in [5.41, 5.74) is 7.88. The Morgan fingerprint density at radius 2 is 2.04 bits per heavy atom. The molecule has 1 aliphatic carbocycles. The Hall–Kier alpha value is -2.05. The molecule has 0 bridgehead atoms. The van der Waals surface area contributed by atoms with Gasteiger partial charge in [-0.25, -0.2) is 0 Å². The van der Waals surface area contributed by atoms with Crippen molar-refractivity contribution < 1.29 is 14.3 Å². The first-order valence-electron chi connectivity index (χ1n) is 8.55. The summed E-state index contributed by atoms with van der Waals surface area (Å²) in [5, 5.41) is 3.99. The van der Waals surface area contributed by atoms with Crippen LogP contribution in [0.3, 0.4) is 0 Å². The third kappa shape index (κ3) is 3.86. The molecule has 0 spiro atoms. The number of amides is 2. The number of rotatable bonds is 5. The van der Waals surface area contributed by atoms with Crippen molar-refractivity contribution in [2.24, 2.45) is 5.73 Å². The van der Waals surface area contributed by atoms with E-state index in [0.29, 0.717) is 21.3 Å². The van der Waals surface area contributed by atoms with Crippen LogP contribution in [0.15, 0.2) is 18.2 Å². The number of nitrogens with two attached hydrogens (primary N) is 1. The fraction of sp³-hybridized carbons (Fsp3) is 0.368. The molecular formula is C19H21ClN2O3S. The molecule has 0 fully saturated rings. The van der Waals surface area contributed by atoms with Gasteiger partial charge in [0.05, 0.1) is 5.56 Å². The standard InChI is InChI=1S/C19H21ClN2O3S/c1-10-9-12(7-8-14(10)20)25-11(2)18(24)22-19-16(17(21)23)13-5-3-4-6-15(13)26-19/h7-9,11H,3-6H2,1-2H3,(H2,21,23)(H,22,24)/t11-/m1/s1. The lowest BCUT2D eigenvalue weighted by atomic mass is 9.95. The van der Waals surface area contributed by atoms with Crippen LogP contribution in [0.4, 0.5) is 5.00 Å². The largest absolute Gasteiger partial charge is 0.481 e. The van der Waals surface area contributed by atoms with Crippen LogP contribution in [0.25, 0.3) is 0 Å². The van der Waals surface area contributed by atoms with E-state index in [1.54, 1.807) is 25.1 Å². The van der Waals surface area contributed by atoms with Gasteiger partial charge < -0.3 is 15.8 Å². The molecule has 0 aliphatic heterocycles. The lowest BCUT2D eigenvalue weighted by Gasteiger charge is -2.15. The minimum atomic E-state index is -0.726. The summed E-state index contributed by atoms with van der Waals surface area (Å²) in [7, 11) is 0. The molecule has 0 saturated carbocycles. The first-order chi connectivity index (χ1) is 12.4. The normalized spacial score (nSPS) is 14.4. The molecule has 3 rings (SSSR count). The fourth-order valence-electron chi connectivity index (χ4n) is 3.08. The summed E-state index contributed by atoms with van der Waals surface area (Å²) in [5.74, 6) is -0.254. The van der Waals surface area contributed by atoms with Crippen molar-refractivity contribution in [2.45, 2.75) is 45.6 Å². The molecule has 1 heterocycles. The van der Waals surface area contributed by atoms with Gasteiger partial charge in [-0.15, -0.1) is 11.3 Å². The van der Waals surface area contributed by atoms with Crippen molar-refractivity contribution in [3.05, 3.63) is 44.8 Å². The predicted octanol–water partition coefficient (Wildman–Crippen LogP) is 4.09. The lowest BCUT2D eigenvalue weighted by Crippen LogP contribution is -2.30. The molecule has 1 aromatic heterocycles. The van der Waals surface area contributed by atoms with Gasteiger partial charge in [0.2, 0.25) is 0 Å². The van der Waals surface area contributed by atoms with E-state index in [9.17, 15) is 9.59 Å². The Morgan fingerprint density at radius 1 is 1.31 bits per heavy atom.